The Balaban J connectivity index is 1.46. The number of hydrogen-bond donors (Lipinski definition) is 0. The lowest BCUT2D eigenvalue weighted by Crippen LogP contribution is -2.22. The minimum absolute atomic E-state index is 0.247. The van der Waals surface area contributed by atoms with Crippen molar-refractivity contribution in [2.45, 2.75) is 6.61 Å². The van der Waals surface area contributed by atoms with Crippen molar-refractivity contribution in [3.63, 3.8) is 0 Å². The number of carbonyl (C=O) groups is 2. The van der Waals surface area contributed by atoms with Crippen molar-refractivity contribution in [1.29, 1.82) is 0 Å². The van der Waals surface area contributed by atoms with Crippen molar-refractivity contribution in [1.82, 2.24) is 4.90 Å². The molecule has 2 aromatic carbocycles. The average Bonchev–Trinajstić information content (AvgIpc) is 3.21. The molecule has 2 amide bonds. The number of likely N-dealkylation sites (N-methyl/N-ethyl adjacent to an activating group) is 1. The zero-order chi connectivity index (χ0) is 19.0. The smallest absolute Gasteiger partial charge is 0.293 e. The fourth-order valence-electron chi connectivity index (χ4n) is 2.61. The fourth-order valence-corrected chi connectivity index (χ4v) is 4.14. The average molecular weight is 495 g/mol. The van der Waals surface area contributed by atoms with Crippen molar-refractivity contribution >= 4 is 51.6 Å². The van der Waals surface area contributed by atoms with Gasteiger partial charge in [-0.25, -0.2) is 0 Å². The maximum atomic E-state index is 12.0. The quantitative estimate of drug-likeness (QED) is 0.467. The maximum Gasteiger partial charge on any atom is 0.293 e. The SMILES string of the molecule is CN1C(=O)S/C(=C\c2ccc(OCc3ccc4c(c3)OCO4)c(I)c2)C1=O. The molecule has 0 radical (unpaired) electrons. The first-order valence-electron chi connectivity index (χ1n) is 8.04. The summed E-state index contributed by atoms with van der Waals surface area (Å²) in [5.41, 5.74) is 1.82. The van der Waals surface area contributed by atoms with Gasteiger partial charge in [0.15, 0.2) is 11.5 Å². The monoisotopic (exact) mass is 495 g/mol. The first kappa shape index (κ1) is 18.2. The van der Waals surface area contributed by atoms with Crippen LogP contribution >= 0.6 is 34.4 Å². The predicted molar refractivity (Wildman–Crippen MR) is 110 cm³/mol. The van der Waals surface area contributed by atoms with Crippen LogP contribution in [-0.4, -0.2) is 29.9 Å². The van der Waals surface area contributed by atoms with E-state index in [2.05, 4.69) is 22.6 Å². The molecule has 1 fully saturated rings. The molecular weight excluding hydrogens is 481 g/mol. The fraction of sp³-hybridized carbons (Fsp3) is 0.158. The highest BCUT2D eigenvalue weighted by molar-refractivity contribution is 14.1. The summed E-state index contributed by atoms with van der Waals surface area (Å²) in [6.45, 7) is 0.650. The number of ether oxygens (including phenoxy) is 3. The lowest BCUT2D eigenvalue weighted by Gasteiger charge is -2.10. The van der Waals surface area contributed by atoms with Crippen molar-refractivity contribution in [3.8, 4) is 17.2 Å². The molecule has 0 aromatic heterocycles. The number of amides is 2. The van der Waals surface area contributed by atoms with Gasteiger partial charge in [0.1, 0.15) is 12.4 Å². The van der Waals surface area contributed by atoms with Crippen LogP contribution in [0.1, 0.15) is 11.1 Å². The Kier molecular flexibility index (Phi) is 5.00. The summed E-state index contributed by atoms with van der Waals surface area (Å²) >= 11 is 3.14. The third-order valence-corrected chi connectivity index (χ3v) is 5.88. The molecule has 2 aliphatic rings. The van der Waals surface area contributed by atoms with Gasteiger partial charge in [0.2, 0.25) is 6.79 Å². The standard InChI is InChI=1S/C19H14INO5S/c1-21-18(22)17(27-19(21)23)8-11-2-4-14(13(20)6-11)24-9-12-3-5-15-16(7-12)26-10-25-15/h2-8H,9-10H2,1H3/b17-8-. The van der Waals surface area contributed by atoms with Crippen LogP contribution in [0, 0.1) is 3.57 Å². The van der Waals surface area contributed by atoms with Gasteiger partial charge in [0.05, 0.1) is 8.48 Å². The third-order valence-electron chi connectivity index (χ3n) is 4.07. The summed E-state index contributed by atoms with van der Waals surface area (Å²) in [6.07, 6.45) is 1.72. The van der Waals surface area contributed by atoms with Crippen LogP contribution in [-0.2, 0) is 11.4 Å². The topological polar surface area (TPSA) is 65.1 Å². The molecular formula is C19H14INO5S. The summed E-state index contributed by atoms with van der Waals surface area (Å²) in [6, 6.07) is 11.4. The van der Waals surface area contributed by atoms with Crippen LogP contribution in [0.15, 0.2) is 41.3 Å². The summed E-state index contributed by atoms with van der Waals surface area (Å²) in [5, 5.41) is -0.260. The van der Waals surface area contributed by atoms with Crippen LogP contribution in [0.3, 0.4) is 0 Å². The number of imide groups is 1. The molecule has 0 spiro atoms. The summed E-state index contributed by atoms with van der Waals surface area (Å²) in [4.78, 5) is 25.1. The first-order chi connectivity index (χ1) is 13.0. The molecule has 2 aromatic rings. The second-order valence-corrected chi connectivity index (χ2v) is 8.06. The Morgan fingerprint density at radius 2 is 2.00 bits per heavy atom. The number of halogens is 1. The number of hydrogen-bond acceptors (Lipinski definition) is 6. The lowest BCUT2D eigenvalue weighted by atomic mass is 10.2. The van der Waals surface area contributed by atoms with Crippen molar-refractivity contribution in [2.24, 2.45) is 0 Å². The summed E-state index contributed by atoms with van der Waals surface area (Å²) in [5.74, 6) is 1.94. The van der Waals surface area contributed by atoms with E-state index in [0.717, 1.165) is 48.6 Å². The van der Waals surface area contributed by atoms with E-state index in [0.29, 0.717) is 11.5 Å². The number of rotatable bonds is 4. The Morgan fingerprint density at radius 1 is 1.19 bits per heavy atom. The zero-order valence-electron chi connectivity index (χ0n) is 14.2. The molecule has 2 aliphatic heterocycles. The van der Waals surface area contributed by atoms with E-state index in [1.54, 1.807) is 6.08 Å². The predicted octanol–water partition coefficient (Wildman–Crippen LogP) is 4.27. The minimum Gasteiger partial charge on any atom is -0.488 e. The highest BCUT2D eigenvalue weighted by atomic mass is 127. The highest BCUT2D eigenvalue weighted by Crippen LogP contribution is 2.34. The van der Waals surface area contributed by atoms with Crippen molar-refractivity contribution in [3.05, 3.63) is 56.0 Å². The van der Waals surface area contributed by atoms with Gasteiger partial charge in [0, 0.05) is 7.05 Å². The normalized spacial score (nSPS) is 17.1. The van der Waals surface area contributed by atoms with E-state index < -0.39 is 0 Å². The van der Waals surface area contributed by atoms with Crippen molar-refractivity contribution in [2.75, 3.05) is 13.8 Å². The van der Waals surface area contributed by atoms with E-state index in [1.807, 2.05) is 36.4 Å². The van der Waals surface area contributed by atoms with Gasteiger partial charge in [-0.05, 0) is 75.8 Å². The minimum atomic E-state index is -0.275. The Labute approximate surface area is 173 Å². The number of fused-ring (bicyclic) bond motifs is 1. The molecule has 4 rings (SSSR count). The van der Waals surface area contributed by atoms with E-state index in [9.17, 15) is 9.59 Å². The Morgan fingerprint density at radius 3 is 2.74 bits per heavy atom. The highest BCUT2D eigenvalue weighted by Gasteiger charge is 2.31. The van der Waals surface area contributed by atoms with Gasteiger partial charge < -0.3 is 14.2 Å². The van der Waals surface area contributed by atoms with E-state index in [-0.39, 0.29) is 17.9 Å². The number of nitrogens with zero attached hydrogens (tertiary/aromatic N) is 1. The molecule has 1 saturated heterocycles. The molecule has 0 aliphatic carbocycles. The molecule has 8 heteroatoms. The Hall–Kier alpha value is -2.20. The van der Waals surface area contributed by atoms with Gasteiger partial charge in [0.25, 0.3) is 11.1 Å². The molecule has 0 bridgehead atoms. The third kappa shape index (κ3) is 3.77. The van der Waals surface area contributed by atoms with Crippen molar-refractivity contribution < 1.29 is 23.8 Å². The largest absolute Gasteiger partial charge is 0.488 e. The lowest BCUT2D eigenvalue weighted by molar-refractivity contribution is -0.121. The molecule has 0 atom stereocenters. The molecule has 27 heavy (non-hydrogen) atoms. The number of carbonyl (C=O) groups excluding carboxylic acids is 2. The second-order valence-electron chi connectivity index (χ2n) is 5.91. The van der Waals surface area contributed by atoms with Crippen LogP contribution < -0.4 is 14.2 Å². The first-order valence-corrected chi connectivity index (χ1v) is 9.93. The van der Waals surface area contributed by atoms with E-state index in [1.165, 1.54) is 7.05 Å². The summed E-state index contributed by atoms with van der Waals surface area (Å²) < 4.78 is 17.5. The molecule has 0 saturated carbocycles. The number of thioether (sulfide) groups is 1. The maximum absolute atomic E-state index is 12.0. The molecule has 6 nitrogen and oxygen atoms in total. The second kappa shape index (κ2) is 7.43. The van der Waals surface area contributed by atoms with Gasteiger partial charge in [-0.3, -0.25) is 14.5 Å². The molecule has 0 N–H and O–H groups in total. The van der Waals surface area contributed by atoms with Gasteiger partial charge in [-0.1, -0.05) is 12.1 Å². The van der Waals surface area contributed by atoms with Crippen LogP contribution in [0.2, 0.25) is 0 Å². The zero-order valence-corrected chi connectivity index (χ0v) is 17.2. The number of benzene rings is 2. The van der Waals surface area contributed by atoms with Gasteiger partial charge >= 0.3 is 0 Å². The van der Waals surface area contributed by atoms with E-state index in [4.69, 9.17) is 14.2 Å². The summed E-state index contributed by atoms with van der Waals surface area (Å²) in [7, 11) is 1.48. The molecule has 138 valence electrons. The van der Waals surface area contributed by atoms with Crippen LogP contribution in [0.5, 0.6) is 17.2 Å². The molecule has 0 unspecified atom stereocenters. The Bertz CT molecular complexity index is 975. The van der Waals surface area contributed by atoms with Crippen LogP contribution in [0.25, 0.3) is 6.08 Å². The van der Waals surface area contributed by atoms with E-state index >= 15 is 0 Å². The van der Waals surface area contributed by atoms with Gasteiger partial charge in [-0.2, -0.15) is 0 Å². The van der Waals surface area contributed by atoms with Gasteiger partial charge in [-0.15, -0.1) is 0 Å². The van der Waals surface area contributed by atoms with Crippen LogP contribution in [0.4, 0.5) is 4.79 Å². The molecule has 2 heterocycles.